The number of H-pyrrole nitrogens is 1. The molecule has 84 valence electrons. The van der Waals surface area contributed by atoms with E-state index in [1.54, 1.807) is 18.2 Å². The summed E-state index contributed by atoms with van der Waals surface area (Å²) in [5.74, 6) is 0. The van der Waals surface area contributed by atoms with E-state index in [1.165, 1.54) is 0 Å². The number of fused-ring (bicyclic) bond motifs is 1. The standard InChI is InChI=1S/C10H11ClN4O/c1-2-12-10(16)13-6-3-4-7-8(5-6)15-9(11)14-7/h3-5H,2H2,1H3,(H,14,15)(H2,12,13,16). The van der Waals surface area contributed by atoms with Crippen molar-refractivity contribution in [3.05, 3.63) is 23.5 Å². The zero-order valence-corrected chi connectivity index (χ0v) is 9.43. The van der Waals surface area contributed by atoms with Gasteiger partial charge in [-0.15, -0.1) is 0 Å². The first-order valence-corrected chi connectivity index (χ1v) is 5.27. The smallest absolute Gasteiger partial charge is 0.319 e. The number of hydrogen-bond acceptors (Lipinski definition) is 2. The molecule has 6 heteroatoms. The highest BCUT2D eigenvalue weighted by Crippen LogP contribution is 2.18. The predicted molar refractivity (Wildman–Crippen MR) is 63.8 cm³/mol. The fourth-order valence-electron chi connectivity index (χ4n) is 1.39. The van der Waals surface area contributed by atoms with Crippen LogP contribution >= 0.6 is 11.6 Å². The number of halogens is 1. The van der Waals surface area contributed by atoms with Gasteiger partial charge in [-0.25, -0.2) is 9.78 Å². The van der Waals surface area contributed by atoms with Gasteiger partial charge in [-0.1, -0.05) is 0 Å². The van der Waals surface area contributed by atoms with E-state index in [-0.39, 0.29) is 6.03 Å². The van der Waals surface area contributed by atoms with Gasteiger partial charge in [0.05, 0.1) is 11.0 Å². The number of rotatable bonds is 2. The topological polar surface area (TPSA) is 69.8 Å². The van der Waals surface area contributed by atoms with Crippen LogP contribution in [-0.2, 0) is 0 Å². The van der Waals surface area contributed by atoms with E-state index in [9.17, 15) is 4.79 Å². The molecule has 1 aromatic carbocycles. The van der Waals surface area contributed by atoms with Crippen LogP contribution in [0.5, 0.6) is 0 Å². The number of aromatic amines is 1. The maximum Gasteiger partial charge on any atom is 0.319 e. The summed E-state index contributed by atoms with van der Waals surface area (Å²) in [6.45, 7) is 2.45. The SMILES string of the molecule is CCNC(=O)Nc1ccc2nc(Cl)[nH]c2c1. The molecule has 0 fully saturated rings. The minimum absolute atomic E-state index is 0.229. The molecule has 0 saturated carbocycles. The number of benzene rings is 1. The molecule has 1 aromatic heterocycles. The number of imidazole rings is 1. The largest absolute Gasteiger partial charge is 0.338 e. The molecule has 5 nitrogen and oxygen atoms in total. The molecule has 1 heterocycles. The Bertz CT molecular complexity index is 523. The summed E-state index contributed by atoms with van der Waals surface area (Å²) in [5, 5.41) is 5.69. The molecule has 3 N–H and O–H groups in total. The summed E-state index contributed by atoms with van der Waals surface area (Å²) in [7, 11) is 0. The lowest BCUT2D eigenvalue weighted by Gasteiger charge is -2.05. The summed E-state index contributed by atoms with van der Waals surface area (Å²) in [5.41, 5.74) is 2.25. The highest BCUT2D eigenvalue weighted by molar-refractivity contribution is 6.29. The Morgan fingerprint density at radius 3 is 3.12 bits per heavy atom. The van der Waals surface area contributed by atoms with Crippen molar-refractivity contribution < 1.29 is 4.79 Å². The van der Waals surface area contributed by atoms with Gasteiger partial charge in [0.2, 0.25) is 5.28 Å². The third kappa shape index (κ3) is 2.25. The summed E-state index contributed by atoms with van der Waals surface area (Å²) < 4.78 is 0. The summed E-state index contributed by atoms with van der Waals surface area (Å²) in [4.78, 5) is 18.2. The Morgan fingerprint density at radius 2 is 2.38 bits per heavy atom. The molecule has 0 aliphatic carbocycles. The minimum Gasteiger partial charge on any atom is -0.338 e. The van der Waals surface area contributed by atoms with Crippen LogP contribution in [0.1, 0.15) is 6.92 Å². The van der Waals surface area contributed by atoms with Crippen LogP contribution in [-0.4, -0.2) is 22.5 Å². The molecule has 2 amide bonds. The number of nitrogens with one attached hydrogen (secondary N) is 3. The maximum absolute atomic E-state index is 11.3. The molecule has 0 unspecified atom stereocenters. The number of nitrogens with zero attached hydrogens (tertiary/aromatic N) is 1. The lowest BCUT2D eigenvalue weighted by Crippen LogP contribution is -2.28. The van der Waals surface area contributed by atoms with E-state index in [2.05, 4.69) is 20.6 Å². The van der Waals surface area contributed by atoms with Crippen molar-refractivity contribution in [3.8, 4) is 0 Å². The van der Waals surface area contributed by atoms with Crippen LogP contribution in [0.25, 0.3) is 11.0 Å². The Morgan fingerprint density at radius 1 is 1.56 bits per heavy atom. The minimum atomic E-state index is -0.229. The van der Waals surface area contributed by atoms with E-state index in [1.807, 2.05) is 6.92 Å². The first-order valence-electron chi connectivity index (χ1n) is 4.89. The van der Waals surface area contributed by atoms with Gasteiger partial charge in [0.25, 0.3) is 0 Å². The van der Waals surface area contributed by atoms with Crippen LogP contribution in [0, 0.1) is 0 Å². The molecule has 0 radical (unpaired) electrons. The number of urea groups is 1. The number of aromatic nitrogens is 2. The summed E-state index contributed by atoms with van der Waals surface area (Å²) in [6, 6.07) is 5.12. The number of hydrogen-bond donors (Lipinski definition) is 3. The molecule has 0 saturated heterocycles. The first kappa shape index (κ1) is 10.8. The van der Waals surface area contributed by atoms with Crippen LogP contribution in [0.2, 0.25) is 5.28 Å². The Labute approximate surface area is 97.2 Å². The summed E-state index contributed by atoms with van der Waals surface area (Å²) >= 11 is 5.72. The van der Waals surface area contributed by atoms with Crippen LogP contribution in [0.3, 0.4) is 0 Å². The highest BCUT2D eigenvalue weighted by Gasteiger charge is 2.03. The van der Waals surface area contributed by atoms with Gasteiger partial charge in [0.1, 0.15) is 0 Å². The quantitative estimate of drug-likeness (QED) is 0.752. The zero-order valence-electron chi connectivity index (χ0n) is 8.67. The van der Waals surface area contributed by atoms with Gasteiger partial charge in [0, 0.05) is 12.2 Å². The molecular weight excluding hydrogens is 228 g/mol. The average Bonchev–Trinajstić information content (AvgIpc) is 2.57. The van der Waals surface area contributed by atoms with Gasteiger partial charge >= 0.3 is 6.03 Å². The van der Waals surface area contributed by atoms with E-state index in [0.717, 1.165) is 11.0 Å². The zero-order chi connectivity index (χ0) is 11.5. The number of amides is 2. The molecule has 0 aliphatic rings. The third-order valence-electron chi connectivity index (χ3n) is 2.05. The molecule has 16 heavy (non-hydrogen) atoms. The van der Waals surface area contributed by atoms with Gasteiger partial charge < -0.3 is 15.6 Å². The number of carbonyl (C=O) groups is 1. The maximum atomic E-state index is 11.3. The molecular formula is C10H11ClN4O. The van der Waals surface area contributed by atoms with Crippen molar-refractivity contribution >= 4 is 34.4 Å². The molecule has 0 atom stereocenters. The lowest BCUT2D eigenvalue weighted by atomic mass is 10.3. The predicted octanol–water partition coefficient (Wildman–Crippen LogP) is 2.36. The molecule has 0 aliphatic heterocycles. The van der Waals surface area contributed by atoms with Crippen molar-refractivity contribution in [2.24, 2.45) is 0 Å². The Hall–Kier alpha value is -1.75. The van der Waals surface area contributed by atoms with E-state index in [4.69, 9.17) is 11.6 Å². The van der Waals surface area contributed by atoms with Gasteiger partial charge in [-0.3, -0.25) is 0 Å². The molecule has 2 rings (SSSR count). The van der Waals surface area contributed by atoms with Gasteiger partial charge in [0.15, 0.2) is 0 Å². The second-order valence-electron chi connectivity index (χ2n) is 3.24. The van der Waals surface area contributed by atoms with Gasteiger partial charge in [-0.05, 0) is 36.7 Å². The lowest BCUT2D eigenvalue weighted by molar-refractivity contribution is 0.252. The van der Waals surface area contributed by atoms with Crippen LogP contribution < -0.4 is 10.6 Å². The monoisotopic (exact) mass is 238 g/mol. The fraction of sp³-hybridized carbons (Fsp3) is 0.200. The third-order valence-corrected chi connectivity index (χ3v) is 2.23. The van der Waals surface area contributed by atoms with E-state index >= 15 is 0 Å². The summed E-state index contributed by atoms with van der Waals surface area (Å²) in [6.07, 6.45) is 0. The second-order valence-corrected chi connectivity index (χ2v) is 3.60. The van der Waals surface area contributed by atoms with Crippen LogP contribution in [0.15, 0.2) is 18.2 Å². The fourth-order valence-corrected chi connectivity index (χ4v) is 1.58. The van der Waals surface area contributed by atoms with Gasteiger partial charge in [-0.2, -0.15) is 0 Å². The molecule has 0 bridgehead atoms. The van der Waals surface area contributed by atoms with Crippen LogP contribution in [0.4, 0.5) is 10.5 Å². The van der Waals surface area contributed by atoms with Crippen molar-refractivity contribution in [3.63, 3.8) is 0 Å². The molecule has 2 aromatic rings. The average molecular weight is 239 g/mol. The van der Waals surface area contributed by atoms with Crippen molar-refractivity contribution in [2.75, 3.05) is 11.9 Å². The number of carbonyl (C=O) groups excluding carboxylic acids is 1. The number of anilines is 1. The first-order chi connectivity index (χ1) is 7.69. The normalized spacial score (nSPS) is 10.4. The Kier molecular flexibility index (Phi) is 2.96. The van der Waals surface area contributed by atoms with Crippen molar-refractivity contribution in [1.82, 2.24) is 15.3 Å². The van der Waals surface area contributed by atoms with Crippen molar-refractivity contribution in [1.29, 1.82) is 0 Å². The highest BCUT2D eigenvalue weighted by atomic mass is 35.5. The van der Waals surface area contributed by atoms with Crippen molar-refractivity contribution in [2.45, 2.75) is 6.92 Å². The van der Waals surface area contributed by atoms with E-state index in [0.29, 0.717) is 17.5 Å². The molecule has 0 spiro atoms. The van der Waals surface area contributed by atoms with E-state index < -0.39 is 0 Å². The Balaban J connectivity index is 2.22. The second kappa shape index (κ2) is 4.40.